The molecule has 0 saturated heterocycles. The largest absolute Gasteiger partial charge is 0.349 e. The van der Waals surface area contributed by atoms with Gasteiger partial charge in [0.2, 0.25) is 0 Å². The van der Waals surface area contributed by atoms with Crippen LogP contribution in [0.25, 0.3) is 10.9 Å². The molecule has 1 aromatic carbocycles. The normalized spacial score (nSPS) is 15.5. The smallest absolute Gasteiger partial charge is 0.345 e. The monoisotopic (exact) mass is 350 g/mol. The van der Waals surface area contributed by atoms with E-state index in [0.717, 1.165) is 15.9 Å². The maximum absolute atomic E-state index is 12.6. The molecule has 4 rings (SSSR count). The molecule has 26 heavy (non-hydrogen) atoms. The number of H-pyrrole nitrogens is 1. The van der Waals surface area contributed by atoms with Gasteiger partial charge in [0.05, 0.1) is 17.1 Å². The number of fused-ring (bicyclic) bond motifs is 1. The molecule has 1 N–H and O–H groups in total. The van der Waals surface area contributed by atoms with Crippen LogP contribution >= 0.6 is 0 Å². The molecule has 2 aromatic heterocycles. The van der Waals surface area contributed by atoms with Crippen LogP contribution in [0.4, 0.5) is 0 Å². The van der Waals surface area contributed by atoms with Gasteiger partial charge in [-0.25, -0.2) is 4.79 Å². The van der Waals surface area contributed by atoms with Gasteiger partial charge in [-0.05, 0) is 44.9 Å². The van der Waals surface area contributed by atoms with E-state index in [2.05, 4.69) is 34.6 Å². The lowest BCUT2D eigenvalue weighted by atomic mass is 10.2. The maximum Gasteiger partial charge on any atom is 0.349 e. The van der Waals surface area contributed by atoms with Crippen molar-refractivity contribution < 1.29 is 0 Å². The third-order valence-electron chi connectivity index (χ3n) is 5.31. The van der Waals surface area contributed by atoms with E-state index >= 15 is 0 Å². The maximum atomic E-state index is 12.6. The summed E-state index contributed by atoms with van der Waals surface area (Å²) in [6, 6.07) is 9.56. The van der Waals surface area contributed by atoms with Gasteiger partial charge in [-0.2, -0.15) is 5.10 Å². The number of aryl methyl sites for hydroxylation is 1. The van der Waals surface area contributed by atoms with Gasteiger partial charge in [-0.15, -0.1) is 4.68 Å². The van der Waals surface area contributed by atoms with Crippen LogP contribution in [0.3, 0.4) is 0 Å². The van der Waals surface area contributed by atoms with E-state index in [-0.39, 0.29) is 0 Å². The lowest BCUT2D eigenvalue weighted by molar-refractivity contribution is 0.500. The van der Waals surface area contributed by atoms with Crippen molar-refractivity contribution >= 4 is 17.1 Å². The summed E-state index contributed by atoms with van der Waals surface area (Å²) in [6.45, 7) is 4.16. The van der Waals surface area contributed by atoms with Crippen molar-refractivity contribution in [2.24, 2.45) is 5.10 Å². The second-order valence-electron chi connectivity index (χ2n) is 6.97. The third-order valence-corrected chi connectivity index (χ3v) is 5.31. The summed E-state index contributed by atoms with van der Waals surface area (Å²) in [5.74, 6) is 0. The SMILES string of the molecule is Cc1cc(C=Nn2c(=O)[nH]c3ccccc3c2=O)c(C)n1C1CCCC1. The van der Waals surface area contributed by atoms with Gasteiger partial charge < -0.3 is 9.55 Å². The lowest BCUT2D eigenvalue weighted by Gasteiger charge is -2.17. The average Bonchev–Trinajstić information content (AvgIpc) is 3.23. The molecule has 0 radical (unpaired) electrons. The highest BCUT2D eigenvalue weighted by Gasteiger charge is 2.20. The van der Waals surface area contributed by atoms with Gasteiger partial charge in [0, 0.05) is 23.0 Å². The van der Waals surface area contributed by atoms with Crippen LogP contribution in [-0.4, -0.2) is 20.4 Å². The van der Waals surface area contributed by atoms with Crippen LogP contribution in [0.1, 0.15) is 48.7 Å². The Morgan fingerprint density at radius 2 is 1.88 bits per heavy atom. The molecule has 0 atom stereocenters. The fourth-order valence-electron chi connectivity index (χ4n) is 4.04. The standard InChI is InChI=1S/C20H22N4O2/c1-13-11-15(14(2)23(13)16-7-3-4-8-16)12-21-24-19(25)17-9-5-6-10-18(17)22-20(24)26/h5-6,9-12,16H,3-4,7-8H2,1-2H3,(H,22,26). The van der Waals surface area contributed by atoms with Crippen LogP contribution in [0.15, 0.2) is 45.0 Å². The highest BCUT2D eigenvalue weighted by molar-refractivity contribution is 5.82. The molecule has 1 saturated carbocycles. The minimum Gasteiger partial charge on any atom is -0.345 e. The van der Waals surface area contributed by atoms with E-state index in [1.807, 2.05) is 0 Å². The second-order valence-corrected chi connectivity index (χ2v) is 6.97. The molecule has 0 spiro atoms. The number of para-hydroxylation sites is 1. The van der Waals surface area contributed by atoms with Crippen molar-refractivity contribution in [1.29, 1.82) is 0 Å². The Labute approximate surface area is 150 Å². The van der Waals surface area contributed by atoms with Crippen LogP contribution in [-0.2, 0) is 0 Å². The van der Waals surface area contributed by atoms with Crippen LogP contribution < -0.4 is 11.2 Å². The van der Waals surface area contributed by atoms with Gasteiger partial charge in [0.1, 0.15) is 0 Å². The first kappa shape index (κ1) is 16.6. The average molecular weight is 350 g/mol. The molecule has 6 nitrogen and oxygen atoms in total. The molecular formula is C20H22N4O2. The second kappa shape index (κ2) is 6.44. The van der Waals surface area contributed by atoms with Gasteiger partial charge in [-0.3, -0.25) is 4.79 Å². The first-order valence-electron chi connectivity index (χ1n) is 9.03. The highest BCUT2D eigenvalue weighted by atomic mass is 16.2. The fourth-order valence-corrected chi connectivity index (χ4v) is 4.04. The van der Waals surface area contributed by atoms with Crippen LogP contribution in [0.5, 0.6) is 0 Å². The number of nitrogens with zero attached hydrogens (tertiary/aromatic N) is 3. The van der Waals surface area contributed by atoms with Crippen molar-refractivity contribution in [2.45, 2.75) is 45.6 Å². The number of nitrogens with one attached hydrogen (secondary N) is 1. The number of aromatic nitrogens is 3. The molecule has 1 aliphatic carbocycles. The molecule has 0 aliphatic heterocycles. The number of aromatic amines is 1. The summed E-state index contributed by atoms with van der Waals surface area (Å²) in [7, 11) is 0. The predicted octanol–water partition coefficient (Wildman–Crippen LogP) is 3.11. The number of benzene rings is 1. The number of rotatable bonds is 3. The van der Waals surface area contributed by atoms with Gasteiger partial charge in [0.25, 0.3) is 5.56 Å². The lowest BCUT2D eigenvalue weighted by Crippen LogP contribution is -2.32. The zero-order valence-corrected chi connectivity index (χ0v) is 15.0. The first-order valence-corrected chi connectivity index (χ1v) is 9.03. The summed E-state index contributed by atoms with van der Waals surface area (Å²) in [6.07, 6.45) is 6.56. The zero-order chi connectivity index (χ0) is 18.3. The molecule has 2 heterocycles. The van der Waals surface area contributed by atoms with Crippen molar-refractivity contribution in [3.05, 3.63) is 68.1 Å². The Hall–Kier alpha value is -2.89. The predicted molar refractivity (Wildman–Crippen MR) is 103 cm³/mol. The van der Waals surface area contributed by atoms with Crippen LogP contribution in [0.2, 0.25) is 0 Å². The van der Waals surface area contributed by atoms with E-state index in [0.29, 0.717) is 16.9 Å². The quantitative estimate of drug-likeness (QED) is 0.737. The van der Waals surface area contributed by atoms with Crippen molar-refractivity contribution in [2.75, 3.05) is 0 Å². The van der Waals surface area contributed by atoms with E-state index in [4.69, 9.17) is 0 Å². The Balaban J connectivity index is 1.76. The van der Waals surface area contributed by atoms with Crippen molar-refractivity contribution in [3.63, 3.8) is 0 Å². The van der Waals surface area contributed by atoms with Crippen molar-refractivity contribution in [3.8, 4) is 0 Å². The van der Waals surface area contributed by atoms with Gasteiger partial charge >= 0.3 is 5.69 Å². The Bertz CT molecular complexity index is 1110. The molecule has 1 fully saturated rings. The first-order chi connectivity index (χ1) is 12.6. The molecular weight excluding hydrogens is 328 g/mol. The summed E-state index contributed by atoms with van der Waals surface area (Å²) in [5.41, 5.74) is 2.83. The molecule has 3 aromatic rings. The number of hydrogen-bond donors (Lipinski definition) is 1. The highest BCUT2D eigenvalue weighted by Crippen LogP contribution is 2.33. The van der Waals surface area contributed by atoms with E-state index in [1.54, 1.807) is 30.5 Å². The van der Waals surface area contributed by atoms with Gasteiger partial charge in [0.15, 0.2) is 0 Å². The van der Waals surface area contributed by atoms with Crippen molar-refractivity contribution in [1.82, 2.24) is 14.2 Å². The molecule has 1 aliphatic rings. The van der Waals surface area contributed by atoms with E-state index in [1.165, 1.54) is 31.4 Å². The summed E-state index contributed by atoms with van der Waals surface area (Å²) >= 11 is 0. The van der Waals surface area contributed by atoms with E-state index < -0.39 is 11.2 Å². The van der Waals surface area contributed by atoms with Gasteiger partial charge in [-0.1, -0.05) is 25.0 Å². The Morgan fingerprint density at radius 1 is 1.15 bits per heavy atom. The zero-order valence-electron chi connectivity index (χ0n) is 15.0. The molecule has 134 valence electrons. The molecule has 0 bridgehead atoms. The Kier molecular flexibility index (Phi) is 4.11. The summed E-state index contributed by atoms with van der Waals surface area (Å²) < 4.78 is 3.26. The minimum atomic E-state index is -0.533. The van der Waals surface area contributed by atoms with E-state index in [9.17, 15) is 9.59 Å². The molecule has 0 unspecified atom stereocenters. The topological polar surface area (TPSA) is 72.2 Å². The fraction of sp³-hybridized carbons (Fsp3) is 0.350. The Morgan fingerprint density at radius 3 is 2.65 bits per heavy atom. The van der Waals surface area contributed by atoms with Crippen LogP contribution in [0, 0.1) is 13.8 Å². The third kappa shape index (κ3) is 2.71. The molecule has 6 heteroatoms. The molecule has 0 amide bonds. The number of hydrogen-bond acceptors (Lipinski definition) is 3. The summed E-state index contributed by atoms with van der Waals surface area (Å²) in [4.78, 5) is 27.5. The summed E-state index contributed by atoms with van der Waals surface area (Å²) in [5, 5.41) is 4.63. The minimum absolute atomic E-state index is 0.412.